The normalized spacial score (nSPS) is 14.3. The Balaban J connectivity index is 1.42. The molecule has 1 amide bonds. The molecule has 0 radical (unpaired) electrons. The van der Waals surface area contributed by atoms with Crippen molar-refractivity contribution in [3.8, 4) is 22.9 Å². The summed E-state index contributed by atoms with van der Waals surface area (Å²) in [6.07, 6.45) is 2.81. The van der Waals surface area contributed by atoms with Crippen LogP contribution >= 0.6 is 12.2 Å². The molecule has 11 heteroatoms. The van der Waals surface area contributed by atoms with Gasteiger partial charge in [-0.25, -0.2) is 14.2 Å². The van der Waals surface area contributed by atoms with Gasteiger partial charge in [0.2, 0.25) is 0 Å². The number of unbranched alkanes of at least 4 members (excludes halogenated alkanes) is 1. The van der Waals surface area contributed by atoms with Crippen molar-refractivity contribution in [3.05, 3.63) is 72.1 Å². The molecule has 212 valence electrons. The van der Waals surface area contributed by atoms with E-state index in [-0.39, 0.29) is 28.9 Å². The minimum Gasteiger partial charge on any atom is -0.494 e. The smallest absolute Gasteiger partial charge is 0.329 e. The zero-order valence-electron chi connectivity index (χ0n) is 22.7. The lowest BCUT2D eigenvalue weighted by Crippen LogP contribution is -2.44. The van der Waals surface area contributed by atoms with Gasteiger partial charge >= 0.3 is 5.97 Å². The number of nitrogens with zero attached hydrogens (tertiary/aromatic N) is 4. The van der Waals surface area contributed by atoms with Crippen molar-refractivity contribution in [1.29, 1.82) is 5.26 Å². The fourth-order valence-corrected chi connectivity index (χ4v) is 5.00. The van der Waals surface area contributed by atoms with Crippen LogP contribution in [0.3, 0.4) is 0 Å². The Kier molecular flexibility index (Phi) is 9.27. The van der Waals surface area contributed by atoms with Crippen LogP contribution in [-0.2, 0) is 21.0 Å². The second-order valence-corrected chi connectivity index (χ2v) is 10.2. The molecule has 1 N–H and O–H groups in total. The van der Waals surface area contributed by atoms with Gasteiger partial charge < -0.3 is 19.5 Å². The van der Waals surface area contributed by atoms with Gasteiger partial charge in [0.1, 0.15) is 36.3 Å². The van der Waals surface area contributed by atoms with Crippen molar-refractivity contribution in [1.82, 2.24) is 4.98 Å². The number of carboxylic acid groups (broad SMARTS) is 1. The SMILES string of the molecule is CC1(C)C(=O)N(c2cnc(C#N)c(CF)c2)C(=S)N1c1ccc(-c2ccc(OCCCCOCC(=O)O)cc2)cc1. The number of halogens is 1. The van der Waals surface area contributed by atoms with Gasteiger partial charge in [0.05, 0.1) is 18.5 Å². The van der Waals surface area contributed by atoms with E-state index in [1.165, 1.54) is 17.2 Å². The highest BCUT2D eigenvalue weighted by Gasteiger charge is 2.50. The standard InChI is InChI=1S/C30H29FN4O5S/c1-30(2)28(38)34(24-15-22(16-31)26(17-32)33-18-24)29(41)35(30)23-9-5-20(6-10-23)21-7-11-25(12-8-21)40-14-4-3-13-39-19-27(36)37/h5-12,15,18H,3-4,13-14,16,19H2,1-2H3,(H,36,37). The Morgan fingerprint density at radius 3 is 2.32 bits per heavy atom. The van der Waals surface area contributed by atoms with Crippen molar-refractivity contribution in [2.45, 2.75) is 38.9 Å². The number of ether oxygens (including phenoxy) is 2. The lowest BCUT2D eigenvalue weighted by molar-refractivity contribution is -0.142. The number of anilines is 2. The Hall–Kier alpha value is -4.40. The lowest BCUT2D eigenvalue weighted by Gasteiger charge is -2.29. The number of carbonyl (C=O) groups is 2. The minimum atomic E-state index is -1.01. The van der Waals surface area contributed by atoms with Crippen molar-refractivity contribution >= 4 is 40.6 Å². The summed E-state index contributed by atoms with van der Waals surface area (Å²) < 4.78 is 24.3. The van der Waals surface area contributed by atoms with Gasteiger partial charge in [-0.05, 0) is 80.4 Å². The number of benzene rings is 2. The fourth-order valence-electron chi connectivity index (χ4n) is 4.48. The zero-order valence-corrected chi connectivity index (χ0v) is 23.5. The summed E-state index contributed by atoms with van der Waals surface area (Å²) in [6.45, 7) is 3.24. The summed E-state index contributed by atoms with van der Waals surface area (Å²) in [5, 5.41) is 18.0. The third-order valence-corrected chi connectivity index (χ3v) is 6.98. The van der Waals surface area contributed by atoms with E-state index in [4.69, 9.17) is 32.1 Å². The molecule has 0 atom stereocenters. The third-order valence-electron chi connectivity index (χ3n) is 6.62. The Morgan fingerprint density at radius 2 is 1.71 bits per heavy atom. The van der Waals surface area contributed by atoms with Crippen molar-refractivity contribution in [2.75, 3.05) is 29.6 Å². The molecular formula is C30H29FN4O5S. The maximum Gasteiger partial charge on any atom is 0.329 e. The summed E-state index contributed by atoms with van der Waals surface area (Å²) >= 11 is 5.71. The van der Waals surface area contributed by atoms with Gasteiger partial charge in [-0.3, -0.25) is 9.69 Å². The first-order valence-corrected chi connectivity index (χ1v) is 13.3. The Labute approximate surface area is 242 Å². The average molecular weight is 577 g/mol. The van der Waals surface area contributed by atoms with Crippen LogP contribution in [-0.4, -0.2) is 52.4 Å². The van der Waals surface area contributed by atoms with E-state index in [1.54, 1.807) is 18.7 Å². The van der Waals surface area contributed by atoms with E-state index in [0.717, 1.165) is 29.0 Å². The van der Waals surface area contributed by atoms with Gasteiger partial charge in [0.15, 0.2) is 5.11 Å². The van der Waals surface area contributed by atoms with Gasteiger partial charge in [-0.15, -0.1) is 0 Å². The van der Waals surface area contributed by atoms with Crippen LogP contribution in [0.25, 0.3) is 11.1 Å². The predicted molar refractivity (Wildman–Crippen MR) is 155 cm³/mol. The van der Waals surface area contributed by atoms with Crippen LogP contribution in [0.2, 0.25) is 0 Å². The third kappa shape index (κ3) is 6.51. The first-order valence-electron chi connectivity index (χ1n) is 12.9. The number of aliphatic carboxylic acids is 1. The van der Waals surface area contributed by atoms with Crippen LogP contribution in [0.4, 0.5) is 15.8 Å². The molecule has 0 unspecified atom stereocenters. The molecule has 1 fully saturated rings. The van der Waals surface area contributed by atoms with Crippen molar-refractivity contribution in [3.63, 3.8) is 0 Å². The summed E-state index contributed by atoms with van der Waals surface area (Å²) in [4.78, 5) is 31.0. The van der Waals surface area contributed by atoms with Crippen molar-refractivity contribution < 1.29 is 28.6 Å². The molecular weight excluding hydrogens is 547 g/mol. The minimum absolute atomic E-state index is 0.0276. The number of carboxylic acids is 1. The molecule has 1 aromatic heterocycles. The predicted octanol–water partition coefficient (Wildman–Crippen LogP) is 5.27. The van der Waals surface area contributed by atoms with Gasteiger partial charge in [-0.1, -0.05) is 24.3 Å². The first kappa shape index (κ1) is 29.6. The quantitative estimate of drug-likeness (QED) is 0.227. The highest BCUT2D eigenvalue weighted by molar-refractivity contribution is 7.81. The molecule has 3 aromatic rings. The van der Waals surface area contributed by atoms with Crippen LogP contribution < -0.4 is 14.5 Å². The first-order chi connectivity index (χ1) is 19.7. The molecule has 2 heterocycles. The van der Waals surface area contributed by atoms with Crippen LogP contribution in [0, 0.1) is 11.3 Å². The number of nitriles is 1. The van der Waals surface area contributed by atoms with Crippen LogP contribution in [0.5, 0.6) is 5.75 Å². The largest absolute Gasteiger partial charge is 0.494 e. The monoisotopic (exact) mass is 576 g/mol. The molecule has 1 aliphatic rings. The maximum atomic E-state index is 13.5. The molecule has 9 nitrogen and oxygen atoms in total. The summed E-state index contributed by atoms with van der Waals surface area (Å²) in [6, 6.07) is 18.6. The molecule has 0 bridgehead atoms. The number of amides is 1. The summed E-state index contributed by atoms with van der Waals surface area (Å²) in [5.41, 5.74) is 2.04. The number of aromatic nitrogens is 1. The number of thiocarbonyl (C=S) groups is 1. The van der Waals surface area contributed by atoms with Crippen molar-refractivity contribution in [2.24, 2.45) is 0 Å². The molecule has 0 spiro atoms. The summed E-state index contributed by atoms with van der Waals surface area (Å²) in [7, 11) is 0. The second kappa shape index (κ2) is 12.8. The van der Waals surface area contributed by atoms with E-state index >= 15 is 0 Å². The molecule has 2 aromatic carbocycles. The Morgan fingerprint density at radius 1 is 1.07 bits per heavy atom. The molecule has 0 saturated carbocycles. The van der Waals surface area contributed by atoms with Crippen LogP contribution in [0.15, 0.2) is 60.8 Å². The fraction of sp³-hybridized carbons (Fsp3) is 0.300. The topological polar surface area (TPSA) is 116 Å². The molecule has 1 aliphatic heterocycles. The number of carbonyl (C=O) groups excluding carboxylic acids is 1. The number of rotatable bonds is 12. The molecule has 4 rings (SSSR count). The average Bonchev–Trinajstić information content (AvgIpc) is 3.15. The number of alkyl halides is 1. The van der Waals surface area contributed by atoms with E-state index < -0.39 is 18.2 Å². The number of hydrogen-bond donors (Lipinski definition) is 1. The van der Waals surface area contributed by atoms with Gasteiger partial charge in [0, 0.05) is 17.9 Å². The van der Waals surface area contributed by atoms with E-state index in [2.05, 4.69) is 4.98 Å². The Bertz CT molecular complexity index is 1470. The highest BCUT2D eigenvalue weighted by Crippen LogP contribution is 2.37. The van der Waals surface area contributed by atoms with Crippen LogP contribution in [0.1, 0.15) is 37.9 Å². The number of hydrogen-bond acceptors (Lipinski definition) is 7. The highest BCUT2D eigenvalue weighted by atomic mass is 32.1. The second-order valence-electron chi connectivity index (χ2n) is 9.84. The van der Waals surface area contributed by atoms with E-state index in [9.17, 15) is 14.0 Å². The maximum absolute atomic E-state index is 13.5. The zero-order chi connectivity index (χ0) is 29.6. The van der Waals surface area contributed by atoms with E-state index in [0.29, 0.717) is 25.3 Å². The lowest BCUT2D eigenvalue weighted by atomic mass is 10.0. The van der Waals surface area contributed by atoms with E-state index in [1.807, 2.05) is 54.6 Å². The van der Waals surface area contributed by atoms with Gasteiger partial charge in [-0.2, -0.15) is 5.26 Å². The molecule has 1 saturated heterocycles. The number of pyridine rings is 1. The molecule has 0 aliphatic carbocycles. The summed E-state index contributed by atoms with van der Waals surface area (Å²) in [5.74, 6) is -0.535. The molecule has 41 heavy (non-hydrogen) atoms. The van der Waals surface area contributed by atoms with Gasteiger partial charge in [0.25, 0.3) is 5.91 Å².